The normalized spacial score (nSPS) is 23.0. The van der Waals surface area contributed by atoms with Crippen LogP contribution in [0.15, 0.2) is 24.3 Å². The molecule has 1 aliphatic heterocycles. The van der Waals surface area contributed by atoms with E-state index in [1.165, 1.54) is 0 Å². The van der Waals surface area contributed by atoms with Crippen molar-refractivity contribution in [2.75, 3.05) is 0 Å². The summed E-state index contributed by atoms with van der Waals surface area (Å²) in [6.07, 6.45) is 0. The number of fused-ring (bicyclic) bond motifs is 2. The minimum Gasteiger partial charge on any atom is -0.395 e. The number of hydrogen-bond acceptors (Lipinski definition) is 3. The standard InChI is InChI=1S/C18H21O4P/c1-10-6-12(3)17-15(8-10)14(5)16-9-11(2)7-13(4)18(16)22-23(19,20)21-17/h6-9,14H,1-5H3,(H,19,20). The third kappa shape index (κ3) is 2.89. The third-order valence-electron chi connectivity index (χ3n) is 4.24. The fourth-order valence-electron chi connectivity index (χ4n) is 3.28. The average molecular weight is 332 g/mol. The van der Waals surface area contributed by atoms with Crippen molar-refractivity contribution in [1.29, 1.82) is 0 Å². The molecule has 0 unspecified atom stereocenters. The summed E-state index contributed by atoms with van der Waals surface area (Å²) >= 11 is 0. The van der Waals surface area contributed by atoms with Crippen LogP contribution >= 0.6 is 7.82 Å². The number of hydrogen-bond donors (Lipinski definition) is 1. The van der Waals surface area contributed by atoms with Gasteiger partial charge < -0.3 is 9.05 Å². The number of phosphoric ester groups is 1. The maximum absolute atomic E-state index is 12.4. The van der Waals surface area contributed by atoms with Crippen LogP contribution < -0.4 is 9.05 Å². The molecule has 0 saturated heterocycles. The van der Waals surface area contributed by atoms with Gasteiger partial charge in [0.05, 0.1) is 0 Å². The molecule has 0 aromatic heterocycles. The summed E-state index contributed by atoms with van der Waals surface area (Å²) in [6.45, 7) is 9.84. The van der Waals surface area contributed by atoms with Crippen LogP contribution in [0.5, 0.6) is 11.5 Å². The van der Waals surface area contributed by atoms with Gasteiger partial charge in [-0.25, -0.2) is 4.57 Å². The second-order valence-electron chi connectivity index (χ2n) is 6.37. The van der Waals surface area contributed by atoms with Crippen LogP contribution in [-0.2, 0) is 4.57 Å². The highest BCUT2D eigenvalue weighted by Crippen LogP contribution is 2.53. The van der Waals surface area contributed by atoms with E-state index in [-0.39, 0.29) is 5.92 Å². The van der Waals surface area contributed by atoms with Crippen LogP contribution in [0, 0.1) is 27.7 Å². The monoisotopic (exact) mass is 332 g/mol. The van der Waals surface area contributed by atoms with Crippen LogP contribution in [0.1, 0.15) is 46.2 Å². The average Bonchev–Trinajstić information content (AvgIpc) is 2.42. The van der Waals surface area contributed by atoms with Gasteiger partial charge in [0.25, 0.3) is 0 Å². The molecule has 0 spiro atoms. The maximum atomic E-state index is 12.4. The summed E-state index contributed by atoms with van der Waals surface area (Å²) in [5.41, 5.74) is 5.67. The third-order valence-corrected chi connectivity index (χ3v) is 5.07. The lowest BCUT2D eigenvalue weighted by atomic mass is 9.87. The largest absolute Gasteiger partial charge is 0.584 e. The van der Waals surface area contributed by atoms with E-state index in [1.54, 1.807) is 0 Å². The van der Waals surface area contributed by atoms with E-state index in [2.05, 4.69) is 6.92 Å². The van der Waals surface area contributed by atoms with Crippen molar-refractivity contribution in [2.45, 2.75) is 40.5 Å². The molecule has 1 N–H and O–H groups in total. The van der Waals surface area contributed by atoms with Crippen LogP contribution in [0.4, 0.5) is 0 Å². The lowest BCUT2D eigenvalue weighted by Crippen LogP contribution is -2.12. The van der Waals surface area contributed by atoms with Crippen molar-refractivity contribution in [3.63, 3.8) is 0 Å². The molecule has 0 radical (unpaired) electrons. The Bertz CT molecular complexity index is 776. The zero-order valence-electron chi connectivity index (χ0n) is 14.0. The first-order chi connectivity index (χ1) is 10.7. The summed E-state index contributed by atoms with van der Waals surface area (Å²) in [5.74, 6) is 0.884. The van der Waals surface area contributed by atoms with E-state index in [0.717, 1.165) is 33.4 Å². The molecule has 1 heterocycles. The highest BCUT2D eigenvalue weighted by molar-refractivity contribution is 7.48. The van der Waals surface area contributed by atoms with Crippen molar-refractivity contribution in [1.82, 2.24) is 0 Å². The molecule has 0 aliphatic carbocycles. The van der Waals surface area contributed by atoms with Gasteiger partial charge in [0.1, 0.15) is 11.5 Å². The van der Waals surface area contributed by atoms with Crippen molar-refractivity contribution in [3.8, 4) is 11.5 Å². The number of phosphoric acid groups is 1. The Hall–Kier alpha value is -1.77. The molecule has 0 amide bonds. The predicted octanol–water partition coefficient (Wildman–Crippen LogP) is 4.94. The Kier molecular flexibility index (Phi) is 3.78. The van der Waals surface area contributed by atoms with Crippen LogP contribution in [-0.4, -0.2) is 4.89 Å². The molecule has 2 aromatic carbocycles. The van der Waals surface area contributed by atoms with Crippen molar-refractivity contribution in [3.05, 3.63) is 57.6 Å². The SMILES string of the molecule is Cc1cc(C)c2c(c1)C(C)c1cc(C)cc(C)c1OP(=O)(O)O2. The minimum absolute atomic E-state index is 0.00231. The highest BCUT2D eigenvalue weighted by Gasteiger charge is 2.34. The molecule has 5 heteroatoms. The Morgan fingerprint density at radius 3 is 1.65 bits per heavy atom. The zero-order chi connectivity index (χ0) is 16.9. The molecule has 23 heavy (non-hydrogen) atoms. The molecule has 1 aliphatic rings. The molecule has 4 nitrogen and oxygen atoms in total. The van der Waals surface area contributed by atoms with E-state index in [0.29, 0.717) is 11.5 Å². The summed E-state index contributed by atoms with van der Waals surface area (Å²) in [7, 11) is -4.23. The first-order valence-corrected chi connectivity index (χ1v) is 9.12. The zero-order valence-corrected chi connectivity index (χ0v) is 14.9. The first kappa shape index (κ1) is 16.1. The van der Waals surface area contributed by atoms with Gasteiger partial charge in [0.15, 0.2) is 0 Å². The Morgan fingerprint density at radius 1 is 0.870 bits per heavy atom. The Balaban J connectivity index is 2.34. The van der Waals surface area contributed by atoms with Gasteiger partial charge in [-0.05, 0) is 38.8 Å². The molecule has 0 atom stereocenters. The minimum atomic E-state index is -4.23. The summed E-state index contributed by atoms with van der Waals surface area (Å²) in [6, 6.07) is 7.91. The van der Waals surface area contributed by atoms with Gasteiger partial charge in [-0.15, -0.1) is 0 Å². The van der Waals surface area contributed by atoms with E-state index < -0.39 is 7.82 Å². The van der Waals surface area contributed by atoms with Gasteiger partial charge in [0.2, 0.25) is 0 Å². The van der Waals surface area contributed by atoms with Gasteiger partial charge in [0, 0.05) is 17.0 Å². The maximum Gasteiger partial charge on any atom is 0.584 e. The quantitative estimate of drug-likeness (QED) is 0.694. The van der Waals surface area contributed by atoms with Crippen LogP contribution in [0.2, 0.25) is 0 Å². The van der Waals surface area contributed by atoms with Crippen LogP contribution in [0.3, 0.4) is 0 Å². The van der Waals surface area contributed by atoms with Gasteiger partial charge in [-0.3, -0.25) is 4.89 Å². The van der Waals surface area contributed by atoms with Crippen LogP contribution in [0.25, 0.3) is 0 Å². The van der Waals surface area contributed by atoms with E-state index >= 15 is 0 Å². The lowest BCUT2D eigenvalue weighted by molar-refractivity contribution is 0.284. The van der Waals surface area contributed by atoms with Crippen molar-refractivity contribution < 1.29 is 18.5 Å². The molecular weight excluding hydrogens is 311 g/mol. The second-order valence-corrected chi connectivity index (χ2v) is 7.68. The second kappa shape index (κ2) is 5.40. The topological polar surface area (TPSA) is 55.8 Å². The van der Waals surface area contributed by atoms with Gasteiger partial charge in [-0.2, -0.15) is 0 Å². The molecule has 3 rings (SSSR count). The molecule has 2 aromatic rings. The summed E-state index contributed by atoms with van der Waals surface area (Å²) in [5, 5.41) is 0. The Morgan fingerprint density at radius 2 is 1.26 bits per heavy atom. The Labute approximate surface area is 136 Å². The van der Waals surface area contributed by atoms with Gasteiger partial charge >= 0.3 is 7.82 Å². The first-order valence-electron chi connectivity index (χ1n) is 7.62. The molecule has 122 valence electrons. The fourth-order valence-corrected chi connectivity index (χ4v) is 4.28. The molecule has 0 saturated carbocycles. The molecule has 0 bridgehead atoms. The van der Waals surface area contributed by atoms with Crippen molar-refractivity contribution in [2.24, 2.45) is 0 Å². The number of aryl methyl sites for hydroxylation is 4. The smallest absolute Gasteiger partial charge is 0.395 e. The van der Waals surface area contributed by atoms with E-state index in [1.807, 2.05) is 52.0 Å². The van der Waals surface area contributed by atoms with Gasteiger partial charge in [-0.1, -0.05) is 42.3 Å². The lowest BCUT2D eigenvalue weighted by Gasteiger charge is -2.28. The number of rotatable bonds is 0. The number of benzene rings is 2. The summed E-state index contributed by atoms with van der Waals surface area (Å²) < 4.78 is 23.2. The highest BCUT2D eigenvalue weighted by atomic mass is 31.2. The van der Waals surface area contributed by atoms with E-state index in [9.17, 15) is 9.46 Å². The van der Waals surface area contributed by atoms with Crippen molar-refractivity contribution >= 4 is 7.82 Å². The molecule has 0 fully saturated rings. The fraction of sp³-hybridized carbons (Fsp3) is 0.333. The summed E-state index contributed by atoms with van der Waals surface area (Å²) in [4.78, 5) is 10.2. The van der Waals surface area contributed by atoms with E-state index in [4.69, 9.17) is 9.05 Å². The molecular formula is C18H21O4P. The predicted molar refractivity (Wildman–Crippen MR) is 90.4 cm³/mol.